The number of rotatable bonds is 14. The van der Waals surface area contributed by atoms with Crippen LogP contribution in [0.2, 0.25) is 5.02 Å². The maximum Gasteiger partial charge on any atom is 0.409 e. The minimum Gasteiger partial charge on any atom is -0.492 e. The van der Waals surface area contributed by atoms with Gasteiger partial charge in [-0.2, -0.15) is 0 Å². The molecule has 0 atom stereocenters. The first-order chi connectivity index (χ1) is 28.8. The van der Waals surface area contributed by atoms with Crippen LogP contribution in [0.5, 0.6) is 11.5 Å². The van der Waals surface area contributed by atoms with Crippen molar-refractivity contribution in [1.29, 1.82) is 0 Å². The molecule has 0 spiro atoms. The van der Waals surface area contributed by atoms with Crippen LogP contribution < -0.4 is 20.1 Å². The summed E-state index contributed by atoms with van der Waals surface area (Å²) in [6, 6.07) is 27.9. The van der Waals surface area contributed by atoms with Gasteiger partial charge in [0.2, 0.25) is 0 Å². The van der Waals surface area contributed by atoms with Crippen LogP contribution in [-0.2, 0) is 11.3 Å². The van der Waals surface area contributed by atoms with Crippen LogP contribution in [0.1, 0.15) is 25.3 Å². The number of pyridine rings is 2. The summed E-state index contributed by atoms with van der Waals surface area (Å²) in [7, 11) is 0. The zero-order valence-corrected chi connectivity index (χ0v) is 36.3. The lowest BCUT2D eigenvalue weighted by molar-refractivity contribution is 0.0947. The monoisotopic (exact) mass is 943 g/mol. The van der Waals surface area contributed by atoms with E-state index in [9.17, 15) is 4.79 Å². The van der Waals surface area contributed by atoms with Crippen LogP contribution in [0, 0.1) is 0 Å². The maximum absolute atomic E-state index is 11.7. The van der Waals surface area contributed by atoms with Crippen LogP contribution in [0.15, 0.2) is 106 Å². The number of carbonyl (C=O) groups is 1. The number of ether oxygens (including phenoxy) is 3. The van der Waals surface area contributed by atoms with E-state index in [0.717, 1.165) is 122 Å². The highest BCUT2D eigenvalue weighted by molar-refractivity contribution is 9.10. The van der Waals surface area contributed by atoms with E-state index in [0.29, 0.717) is 25.9 Å². The van der Waals surface area contributed by atoms with Crippen LogP contribution in [0.3, 0.4) is 0 Å². The average Bonchev–Trinajstić information content (AvgIpc) is 3.87. The van der Waals surface area contributed by atoms with Crippen molar-refractivity contribution in [2.75, 3.05) is 46.0 Å². The molecule has 0 bridgehead atoms. The number of aromatic nitrogens is 6. The highest BCUT2D eigenvalue weighted by Gasteiger charge is 2.23. The number of likely N-dealkylation sites (tertiary alicyclic amines) is 1. The molecule has 1 aliphatic heterocycles. The minimum atomic E-state index is -0.209. The van der Waals surface area contributed by atoms with Crippen LogP contribution in [-0.4, -0.2) is 92.9 Å². The number of benzene rings is 3. The lowest BCUT2D eigenvalue weighted by Crippen LogP contribution is -2.45. The molecule has 8 rings (SSSR count). The molecular formula is C43H44Br2ClN9O4. The van der Waals surface area contributed by atoms with Crippen LogP contribution >= 0.6 is 43.5 Å². The van der Waals surface area contributed by atoms with Gasteiger partial charge < -0.3 is 39.7 Å². The van der Waals surface area contributed by atoms with Gasteiger partial charge in [0.25, 0.3) is 0 Å². The first-order valence-corrected chi connectivity index (χ1v) is 21.4. The van der Waals surface area contributed by atoms with Gasteiger partial charge in [-0.15, -0.1) is 0 Å². The van der Waals surface area contributed by atoms with Gasteiger partial charge in [-0.05, 0) is 130 Å². The van der Waals surface area contributed by atoms with Crippen molar-refractivity contribution in [3.8, 4) is 34.3 Å². The van der Waals surface area contributed by atoms with Crippen molar-refractivity contribution in [1.82, 2.24) is 45.4 Å². The second-order valence-corrected chi connectivity index (χ2v) is 15.9. The Morgan fingerprint density at radius 3 is 1.90 bits per heavy atom. The number of nitrogens with zero attached hydrogens (tertiary/aromatic N) is 5. The van der Waals surface area contributed by atoms with Crippen molar-refractivity contribution in [2.24, 2.45) is 0 Å². The highest BCUT2D eigenvalue weighted by atomic mass is 79.9. The second-order valence-electron chi connectivity index (χ2n) is 13.7. The summed E-state index contributed by atoms with van der Waals surface area (Å²) in [6.07, 6.45) is 5.15. The molecule has 1 aliphatic rings. The summed E-state index contributed by atoms with van der Waals surface area (Å²) in [5, 5.41) is 7.61. The molecule has 1 amide bonds. The van der Waals surface area contributed by atoms with Crippen molar-refractivity contribution in [3.05, 3.63) is 117 Å². The summed E-state index contributed by atoms with van der Waals surface area (Å²) in [4.78, 5) is 37.8. The molecule has 4 N–H and O–H groups in total. The van der Waals surface area contributed by atoms with Crippen molar-refractivity contribution >= 4 is 71.9 Å². The van der Waals surface area contributed by atoms with Crippen LogP contribution in [0.25, 0.3) is 45.1 Å². The molecule has 3 aromatic carbocycles. The SMILES string of the molecule is CCOC(=O)N1CCC(NCCOc2ccc(-c3nc4cc(Br)cnc4[nH]3)cc2)CC1.Clc1cccc(CNCCOc2ccc(-c3nc4cc(Br)cnc4[nH]3)cc2)c1. The fraction of sp³-hybridized carbons (Fsp3) is 0.279. The molecule has 1 fully saturated rings. The van der Waals surface area contributed by atoms with Gasteiger partial charge in [-0.1, -0.05) is 23.7 Å². The van der Waals surface area contributed by atoms with E-state index in [1.165, 1.54) is 0 Å². The average molecular weight is 946 g/mol. The molecule has 16 heteroatoms. The Labute approximate surface area is 363 Å². The summed E-state index contributed by atoms with van der Waals surface area (Å²) in [6.45, 7) is 7.15. The van der Waals surface area contributed by atoms with Gasteiger partial charge in [0.05, 0.1) is 6.61 Å². The standard InChI is InChI=1S/C22H26BrN5O3.C21H18BrClN4O/c1-2-30-22(29)28-10-7-17(8-11-28)24-9-12-31-18-5-3-15(4-6-18)20-26-19-13-16(23)14-25-21(19)27-20;22-16-11-19-21(25-13-16)27-20(26-19)15-4-6-18(7-5-15)28-9-8-24-12-14-2-1-3-17(23)10-14/h3-6,13-14,17,24H,2,7-12H2,1H3,(H,25,26,27);1-7,10-11,13,24H,8-9,12H2,(H,25,26,27). The number of carbonyl (C=O) groups excluding carboxylic acids is 1. The molecule has 306 valence electrons. The lowest BCUT2D eigenvalue weighted by atomic mass is 10.1. The fourth-order valence-corrected chi connectivity index (χ4v) is 7.32. The van der Waals surface area contributed by atoms with Crippen molar-refractivity contribution in [2.45, 2.75) is 32.4 Å². The quantitative estimate of drug-likeness (QED) is 0.0776. The number of fused-ring (bicyclic) bond motifs is 2. The van der Waals surface area contributed by atoms with E-state index in [4.69, 9.17) is 25.8 Å². The van der Waals surface area contributed by atoms with Crippen molar-refractivity contribution < 1.29 is 19.0 Å². The minimum absolute atomic E-state index is 0.209. The number of amides is 1. The van der Waals surface area contributed by atoms with Gasteiger partial charge in [0.1, 0.15) is 47.4 Å². The first kappa shape index (κ1) is 42.1. The largest absolute Gasteiger partial charge is 0.492 e. The first-order valence-electron chi connectivity index (χ1n) is 19.4. The Hall–Kier alpha value is -5.06. The third kappa shape index (κ3) is 12.0. The van der Waals surface area contributed by atoms with Crippen molar-refractivity contribution in [3.63, 3.8) is 0 Å². The molecular weight excluding hydrogens is 902 g/mol. The third-order valence-corrected chi connectivity index (χ3v) is 10.6. The van der Waals surface area contributed by atoms with E-state index >= 15 is 0 Å². The molecule has 7 aromatic rings. The zero-order chi connectivity index (χ0) is 41.0. The Morgan fingerprint density at radius 2 is 1.36 bits per heavy atom. The molecule has 4 aromatic heterocycles. The summed E-state index contributed by atoms with van der Waals surface area (Å²) >= 11 is 12.8. The van der Waals surface area contributed by atoms with E-state index in [1.54, 1.807) is 17.3 Å². The predicted molar refractivity (Wildman–Crippen MR) is 238 cm³/mol. The number of hydrogen-bond acceptors (Lipinski definition) is 10. The molecule has 13 nitrogen and oxygen atoms in total. The Kier molecular flexibility index (Phi) is 14.8. The van der Waals surface area contributed by atoms with E-state index in [-0.39, 0.29) is 6.09 Å². The molecule has 0 aliphatic carbocycles. The molecule has 0 radical (unpaired) electrons. The van der Waals surface area contributed by atoms with E-state index in [1.807, 2.05) is 91.9 Å². The van der Waals surface area contributed by atoms with Gasteiger partial charge in [0.15, 0.2) is 11.3 Å². The number of imidazole rings is 2. The number of hydrogen-bond donors (Lipinski definition) is 4. The number of nitrogens with one attached hydrogen (secondary N) is 4. The predicted octanol–water partition coefficient (Wildman–Crippen LogP) is 9.19. The van der Waals surface area contributed by atoms with Gasteiger partial charge >= 0.3 is 6.09 Å². The summed E-state index contributed by atoms with van der Waals surface area (Å²) in [5.74, 6) is 3.21. The second kappa shape index (κ2) is 20.8. The Morgan fingerprint density at radius 1 is 0.797 bits per heavy atom. The van der Waals surface area contributed by atoms with Gasteiger partial charge in [-0.25, -0.2) is 24.7 Å². The van der Waals surface area contributed by atoms with Gasteiger partial charge in [0, 0.05) is 76.3 Å². The Balaban J connectivity index is 0.000000180. The van der Waals surface area contributed by atoms with E-state index in [2.05, 4.69) is 72.4 Å². The number of piperidine rings is 1. The van der Waals surface area contributed by atoms with Crippen LogP contribution in [0.4, 0.5) is 4.79 Å². The molecule has 59 heavy (non-hydrogen) atoms. The molecule has 0 saturated carbocycles. The topological polar surface area (TPSA) is 155 Å². The zero-order valence-electron chi connectivity index (χ0n) is 32.4. The molecule has 1 saturated heterocycles. The highest BCUT2D eigenvalue weighted by Crippen LogP contribution is 2.25. The Bertz CT molecular complexity index is 2440. The normalized spacial score (nSPS) is 13.0. The molecule has 5 heterocycles. The maximum atomic E-state index is 11.7. The summed E-state index contributed by atoms with van der Waals surface area (Å²) < 4.78 is 18.5. The molecule has 0 unspecified atom stereocenters. The number of halogens is 3. The smallest absolute Gasteiger partial charge is 0.409 e. The third-order valence-electron chi connectivity index (χ3n) is 9.45. The van der Waals surface area contributed by atoms with E-state index < -0.39 is 0 Å². The summed E-state index contributed by atoms with van der Waals surface area (Å²) in [5.41, 5.74) is 6.30. The van der Waals surface area contributed by atoms with Gasteiger partial charge in [-0.3, -0.25) is 0 Å². The number of aromatic amines is 2. The number of H-pyrrole nitrogens is 2. The fourth-order valence-electron chi connectivity index (χ4n) is 6.47. The lowest BCUT2D eigenvalue weighted by Gasteiger charge is -2.31.